The predicted molar refractivity (Wildman–Crippen MR) is 76.2 cm³/mol. The van der Waals surface area contributed by atoms with Gasteiger partial charge in [0, 0.05) is 28.9 Å². The summed E-state index contributed by atoms with van der Waals surface area (Å²) in [7, 11) is -4.07. The van der Waals surface area contributed by atoms with Gasteiger partial charge in [-0.05, 0) is 12.1 Å². The van der Waals surface area contributed by atoms with Gasteiger partial charge < -0.3 is 5.32 Å². The van der Waals surface area contributed by atoms with Gasteiger partial charge in [-0.15, -0.1) is 0 Å². The Labute approximate surface area is 111 Å². The highest BCUT2D eigenvalue weighted by atomic mass is 32.2. The lowest BCUT2D eigenvalue weighted by Gasteiger charge is -2.11. The molecule has 0 heterocycles. The summed E-state index contributed by atoms with van der Waals surface area (Å²) in [5.74, 6) is 1.22. The summed E-state index contributed by atoms with van der Waals surface area (Å²) in [5, 5.41) is 3.05. The number of hydrogen-bond acceptors (Lipinski definition) is 4. The maximum Gasteiger partial charge on any atom is 0.180 e. The van der Waals surface area contributed by atoms with Crippen molar-refractivity contribution in [2.24, 2.45) is 0 Å². The van der Waals surface area contributed by atoms with Crippen LogP contribution in [0.5, 0.6) is 0 Å². The van der Waals surface area contributed by atoms with E-state index < -0.39 is 20.6 Å². The number of anilines is 1. The second-order valence-corrected chi connectivity index (χ2v) is 7.87. The lowest BCUT2D eigenvalue weighted by atomic mass is 10.3. The Morgan fingerprint density at radius 3 is 2.50 bits per heavy atom. The van der Waals surface area contributed by atoms with E-state index in [0.717, 1.165) is 0 Å². The van der Waals surface area contributed by atoms with Gasteiger partial charge in [0.05, 0.1) is 16.3 Å². The number of sulfone groups is 1. The first-order valence-electron chi connectivity index (χ1n) is 5.92. The van der Waals surface area contributed by atoms with Gasteiger partial charge in [0.25, 0.3) is 0 Å². The average molecular weight is 289 g/mol. The van der Waals surface area contributed by atoms with Crippen molar-refractivity contribution >= 4 is 26.3 Å². The molecular weight excluding hydrogens is 270 g/mol. The highest BCUT2D eigenvalue weighted by Gasteiger charge is 2.15. The van der Waals surface area contributed by atoms with Crippen LogP contribution in [0.25, 0.3) is 0 Å². The van der Waals surface area contributed by atoms with Crippen LogP contribution in [0.2, 0.25) is 0 Å². The first-order chi connectivity index (χ1) is 8.51. The Kier molecular flexibility index (Phi) is 5.81. The van der Waals surface area contributed by atoms with E-state index in [4.69, 9.17) is 0 Å². The quantitative estimate of drug-likeness (QED) is 0.829. The molecule has 0 aliphatic heterocycles. The largest absolute Gasteiger partial charge is 0.383 e. The van der Waals surface area contributed by atoms with Gasteiger partial charge in [0.1, 0.15) is 0 Å². The molecule has 0 spiro atoms. The van der Waals surface area contributed by atoms with Crippen LogP contribution in [-0.2, 0) is 20.6 Å². The fraction of sp³-hybridized carbons (Fsp3) is 0.500. The highest BCUT2D eigenvalue weighted by molar-refractivity contribution is 7.91. The average Bonchev–Trinajstić information content (AvgIpc) is 2.39. The molecule has 18 heavy (non-hydrogen) atoms. The minimum Gasteiger partial charge on any atom is -0.383 e. The number of benzene rings is 1. The minimum absolute atomic E-state index is 0.0760. The van der Waals surface area contributed by atoms with Crippen molar-refractivity contribution in [1.29, 1.82) is 0 Å². The lowest BCUT2D eigenvalue weighted by Crippen LogP contribution is -2.14. The van der Waals surface area contributed by atoms with Crippen LogP contribution in [0.3, 0.4) is 0 Å². The zero-order valence-corrected chi connectivity index (χ0v) is 12.3. The van der Waals surface area contributed by atoms with Gasteiger partial charge in [-0.25, -0.2) is 8.42 Å². The Morgan fingerprint density at radius 2 is 1.89 bits per heavy atom. The maximum absolute atomic E-state index is 11.9. The molecule has 0 amide bonds. The van der Waals surface area contributed by atoms with Gasteiger partial charge in [-0.1, -0.05) is 26.0 Å². The molecule has 0 saturated heterocycles. The van der Waals surface area contributed by atoms with Crippen LogP contribution >= 0.6 is 0 Å². The summed E-state index contributed by atoms with van der Waals surface area (Å²) in [5.41, 5.74) is 0.590. The van der Waals surface area contributed by atoms with Crippen molar-refractivity contribution in [3.63, 3.8) is 0 Å². The van der Waals surface area contributed by atoms with E-state index in [-0.39, 0.29) is 5.75 Å². The summed E-state index contributed by atoms with van der Waals surface area (Å²) in [4.78, 5) is 0.315. The molecule has 1 atom stereocenters. The Hall–Kier alpha value is -0.880. The maximum atomic E-state index is 11.9. The number of rotatable bonds is 7. The number of nitrogens with one attached hydrogen (secondary N) is 1. The molecule has 0 radical (unpaired) electrons. The molecule has 1 N–H and O–H groups in total. The number of para-hydroxylation sites is 1. The molecule has 0 aliphatic carbocycles. The molecule has 1 rings (SSSR count). The van der Waals surface area contributed by atoms with Crippen LogP contribution in [-0.4, -0.2) is 36.4 Å². The van der Waals surface area contributed by atoms with Gasteiger partial charge in [0.2, 0.25) is 0 Å². The molecule has 6 heteroatoms. The van der Waals surface area contributed by atoms with Crippen LogP contribution in [0.4, 0.5) is 5.69 Å². The molecule has 0 bridgehead atoms. The van der Waals surface area contributed by atoms with Crippen molar-refractivity contribution in [3.05, 3.63) is 24.3 Å². The van der Waals surface area contributed by atoms with Gasteiger partial charge >= 0.3 is 0 Å². The zero-order valence-electron chi connectivity index (χ0n) is 10.7. The first kappa shape index (κ1) is 15.2. The third-order valence-electron chi connectivity index (χ3n) is 2.57. The highest BCUT2D eigenvalue weighted by Crippen LogP contribution is 2.21. The Morgan fingerprint density at radius 1 is 1.22 bits per heavy atom. The number of hydrogen-bond donors (Lipinski definition) is 1. The summed E-state index contributed by atoms with van der Waals surface area (Å²) in [6.07, 6.45) is 0. The zero-order chi connectivity index (χ0) is 13.6. The van der Waals surface area contributed by atoms with Crippen molar-refractivity contribution in [2.45, 2.75) is 18.7 Å². The Balaban J connectivity index is 2.81. The van der Waals surface area contributed by atoms with E-state index in [9.17, 15) is 12.6 Å². The molecule has 0 aliphatic rings. The standard InChI is InChI=1S/C12H19NO3S2/c1-3-17(14)10-9-13-11-7-5-6-8-12(11)18(15,16)4-2/h5-8,13H,3-4,9-10H2,1-2H3. The second kappa shape index (κ2) is 6.89. The topological polar surface area (TPSA) is 63.2 Å². The molecule has 1 aromatic carbocycles. The van der Waals surface area contributed by atoms with Crippen molar-refractivity contribution in [3.8, 4) is 0 Å². The normalized spacial score (nSPS) is 13.2. The van der Waals surface area contributed by atoms with E-state index in [1.165, 1.54) is 0 Å². The summed E-state index contributed by atoms with van der Waals surface area (Å²) in [6, 6.07) is 6.82. The molecular formula is C12H19NO3S2. The van der Waals surface area contributed by atoms with Crippen LogP contribution in [0, 0.1) is 0 Å². The molecule has 1 unspecified atom stereocenters. The molecule has 1 aromatic rings. The fourth-order valence-corrected chi connectivity index (χ4v) is 3.17. The monoisotopic (exact) mass is 289 g/mol. The van der Waals surface area contributed by atoms with Crippen LogP contribution < -0.4 is 5.32 Å². The van der Waals surface area contributed by atoms with Crippen molar-refractivity contribution in [1.82, 2.24) is 0 Å². The second-order valence-electron chi connectivity index (χ2n) is 3.76. The first-order valence-corrected chi connectivity index (χ1v) is 9.06. The fourth-order valence-electron chi connectivity index (χ4n) is 1.48. The summed E-state index contributed by atoms with van der Waals surface area (Å²) >= 11 is 0. The van der Waals surface area contributed by atoms with E-state index >= 15 is 0 Å². The van der Waals surface area contributed by atoms with E-state index in [0.29, 0.717) is 28.6 Å². The van der Waals surface area contributed by atoms with E-state index in [1.807, 2.05) is 6.92 Å². The van der Waals surface area contributed by atoms with Crippen molar-refractivity contribution < 1.29 is 12.6 Å². The molecule has 4 nitrogen and oxygen atoms in total. The minimum atomic E-state index is -3.22. The molecule has 0 saturated carbocycles. The van der Waals surface area contributed by atoms with E-state index in [1.54, 1.807) is 31.2 Å². The lowest BCUT2D eigenvalue weighted by molar-refractivity contribution is 0.597. The van der Waals surface area contributed by atoms with Crippen LogP contribution in [0.1, 0.15) is 13.8 Å². The van der Waals surface area contributed by atoms with Gasteiger partial charge in [0.15, 0.2) is 9.84 Å². The molecule has 0 aromatic heterocycles. The van der Waals surface area contributed by atoms with Crippen LogP contribution in [0.15, 0.2) is 29.2 Å². The van der Waals surface area contributed by atoms with Gasteiger partial charge in [-0.3, -0.25) is 4.21 Å². The molecule has 0 fully saturated rings. The van der Waals surface area contributed by atoms with Crippen molar-refractivity contribution in [2.75, 3.05) is 29.1 Å². The smallest absolute Gasteiger partial charge is 0.180 e. The van der Waals surface area contributed by atoms with E-state index in [2.05, 4.69) is 5.32 Å². The molecule has 102 valence electrons. The van der Waals surface area contributed by atoms with Gasteiger partial charge in [-0.2, -0.15) is 0 Å². The SMILES string of the molecule is CCS(=O)CCNc1ccccc1S(=O)(=O)CC. The third kappa shape index (κ3) is 4.10. The summed E-state index contributed by atoms with van der Waals surface area (Å²) in [6.45, 7) is 4.00. The third-order valence-corrected chi connectivity index (χ3v) is 5.66. The predicted octanol–water partition coefficient (Wildman–Crippen LogP) is 1.66. The Bertz CT molecular complexity index is 512. The summed E-state index contributed by atoms with van der Waals surface area (Å²) < 4.78 is 35.0.